The molecule has 1 saturated heterocycles. The van der Waals surface area contributed by atoms with Gasteiger partial charge in [0.1, 0.15) is 5.02 Å². The van der Waals surface area contributed by atoms with Crippen LogP contribution < -0.4 is 10.9 Å². The summed E-state index contributed by atoms with van der Waals surface area (Å²) in [4.78, 5) is 14.4. The summed E-state index contributed by atoms with van der Waals surface area (Å²) in [6.07, 6.45) is 4.41. The number of allylic oxidation sites excluding steroid dienone is 1. The third-order valence-electron chi connectivity index (χ3n) is 3.69. The first kappa shape index (κ1) is 15.1. The molecule has 0 bridgehead atoms. The van der Waals surface area contributed by atoms with E-state index in [1.165, 1.54) is 11.1 Å². The highest BCUT2D eigenvalue weighted by atomic mass is 35.5. The molecule has 0 amide bonds. The molecule has 0 spiro atoms. The molecule has 6 heteroatoms. The Hall–Kier alpha value is -1.33. The first-order chi connectivity index (χ1) is 9.65. The van der Waals surface area contributed by atoms with Crippen LogP contribution in [0.4, 0.5) is 5.69 Å². The molecule has 1 N–H and O–H groups in total. The van der Waals surface area contributed by atoms with Gasteiger partial charge in [-0.1, -0.05) is 24.6 Å². The number of rotatable bonds is 6. The zero-order chi connectivity index (χ0) is 14.5. The second-order valence-electron chi connectivity index (χ2n) is 5.08. The number of nitrogens with one attached hydrogen (secondary N) is 1. The molecule has 1 aliphatic rings. The smallest absolute Gasteiger partial charge is 0.287 e. The number of halogens is 1. The Bertz CT molecular complexity index is 528. The van der Waals surface area contributed by atoms with E-state index in [1.807, 2.05) is 0 Å². The Balaban J connectivity index is 1.98. The molecule has 2 rings (SSSR count). The molecule has 1 aromatic heterocycles. The quantitative estimate of drug-likeness (QED) is 0.814. The fourth-order valence-electron chi connectivity index (χ4n) is 2.46. The number of likely N-dealkylation sites (tertiary alicyclic amines) is 1. The van der Waals surface area contributed by atoms with Crippen LogP contribution in [0.25, 0.3) is 0 Å². The maximum atomic E-state index is 11.9. The van der Waals surface area contributed by atoms with Crippen LogP contribution in [0, 0.1) is 5.92 Å². The van der Waals surface area contributed by atoms with Crippen LogP contribution in [0.5, 0.6) is 0 Å². The topological polar surface area (TPSA) is 50.2 Å². The van der Waals surface area contributed by atoms with Gasteiger partial charge in [-0.3, -0.25) is 4.79 Å². The lowest BCUT2D eigenvalue weighted by molar-refractivity contribution is 0.345. The third-order valence-corrected chi connectivity index (χ3v) is 4.05. The van der Waals surface area contributed by atoms with Crippen LogP contribution in [-0.2, 0) is 6.54 Å². The molecule has 110 valence electrons. The minimum Gasteiger partial charge on any atom is -0.382 e. The van der Waals surface area contributed by atoms with E-state index in [4.69, 9.17) is 11.6 Å². The number of aromatic nitrogens is 2. The zero-order valence-electron chi connectivity index (χ0n) is 11.8. The Labute approximate surface area is 124 Å². The summed E-state index contributed by atoms with van der Waals surface area (Å²) in [6.45, 7) is 10.3. The molecule has 1 fully saturated rings. The standard InChI is InChI=1S/C14H21ClN4O/c1-3-6-19-14(20)13(15)12(9-17-19)16-8-11-5-7-18(4-2)10-11/h3,9,11,16H,1,4-8,10H2,2H3. The van der Waals surface area contributed by atoms with E-state index in [2.05, 4.69) is 28.8 Å². The fourth-order valence-corrected chi connectivity index (χ4v) is 2.67. The second-order valence-corrected chi connectivity index (χ2v) is 5.45. The first-order valence-electron chi connectivity index (χ1n) is 6.98. The number of anilines is 1. The van der Waals surface area contributed by atoms with Crippen molar-refractivity contribution in [1.82, 2.24) is 14.7 Å². The minimum absolute atomic E-state index is 0.201. The van der Waals surface area contributed by atoms with Crippen molar-refractivity contribution in [3.05, 3.63) is 34.2 Å². The SMILES string of the molecule is C=CCn1ncc(NCC2CCN(CC)C2)c(Cl)c1=O. The molecule has 0 radical (unpaired) electrons. The molecule has 1 atom stereocenters. The van der Waals surface area contributed by atoms with Gasteiger partial charge >= 0.3 is 0 Å². The van der Waals surface area contributed by atoms with Crippen LogP contribution >= 0.6 is 11.6 Å². The van der Waals surface area contributed by atoms with Gasteiger partial charge < -0.3 is 10.2 Å². The van der Waals surface area contributed by atoms with Crippen molar-refractivity contribution in [3.8, 4) is 0 Å². The zero-order valence-corrected chi connectivity index (χ0v) is 12.6. The van der Waals surface area contributed by atoms with Gasteiger partial charge in [-0.2, -0.15) is 5.10 Å². The summed E-state index contributed by atoms with van der Waals surface area (Å²) in [5, 5.41) is 7.53. The summed E-state index contributed by atoms with van der Waals surface area (Å²) in [5.41, 5.74) is 0.338. The van der Waals surface area contributed by atoms with Gasteiger partial charge in [-0.05, 0) is 25.4 Å². The van der Waals surface area contributed by atoms with Crippen molar-refractivity contribution in [3.63, 3.8) is 0 Å². The first-order valence-corrected chi connectivity index (χ1v) is 7.36. The largest absolute Gasteiger partial charge is 0.382 e. The molecule has 0 aromatic carbocycles. The van der Waals surface area contributed by atoms with Crippen LogP contribution in [0.1, 0.15) is 13.3 Å². The summed E-state index contributed by atoms with van der Waals surface area (Å²) >= 11 is 6.09. The van der Waals surface area contributed by atoms with E-state index in [0.717, 1.165) is 26.2 Å². The van der Waals surface area contributed by atoms with Gasteiger partial charge in [-0.25, -0.2) is 4.68 Å². The minimum atomic E-state index is -0.279. The summed E-state index contributed by atoms with van der Waals surface area (Å²) < 4.78 is 1.30. The second kappa shape index (κ2) is 6.90. The number of hydrogen-bond donors (Lipinski definition) is 1. The van der Waals surface area contributed by atoms with E-state index in [9.17, 15) is 4.79 Å². The Morgan fingerprint density at radius 1 is 1.65 bits per heavy atom. The maximum Gasteiger partial charge on any atom is 0.287 e. The van der Waals surface area contributed by atoms with Gasteiger partial charge in [0.25, 0.3) is 5.56 Å². The predicted molar refractivity (Wildman–Crippen MR) is 82.4 cm³/mol. The van der Waals surface area contributed by atoms with Crippen LogP contribution in [0.3, 0.4) is 0 Å². The summed E-state index contributed by atoms with van der Waals surface area (Å²) in [7, 11) is 0. The highest BCUT2D eigenvalue weighted by molar-refractivity contribution is 6.32. The van der Waals surface area contributed by atoms with Crippen LogP contribution in [0.15, 0.2) is 23.6 Å². The van der Waals surface area contributed by atoms with E-state index >= 15 is 0 Å². The van der Waals surface area contributed by atoms with Crippen molar-refractivity contribution in [1.29, 1.82) is 0 Å². The Morgan fingerprint density at radius 3 is 3.10 bits per heavy atom. The van der Waals surface area contributed by atoms with Crippen molar-refractivity contribution < 1.29 is 0 Å². The van der Waals surface area contributed by atoms with Gasteiger partial charge in [0.15, 0.2) is 0 Å². The lowest BCUT2D eigenvalue weighted by atomic mass is 10.1. The van der Waals surface area contributed by atoms with E-state index in [1.54, 1.807) is 12.3 Å². The highest BCUT2D eigenvalue weighted by Crippen LogP contribution is 2.19. The lowest BCUT2D eigenvalue weighted by Gasteiger charge is -2.15. The van der Waals surface area contributed by atoms with Crippen molar-refractivity contribution in [2.75, 3.05) is 31.5 Å². The molecule has 20 heavy (non-hydrogen) atoms. The van der Waals surface area contributed by atoms with Crippen molar-refractivity contribution in [2.24, 2.45) is 5.92 Å². The van der Waals surface area contributed by atoms with E-state index in [-0.39, 0.29) is 10.6 Å². The number of nitrogens with zero attached hydrogens (tertiary/aromatic N) is 3. The molecule has 0 aliphatic carbocycles. The van der Waals surface area contributed by atoms with Gasteiger partial charge in [-0.15, -0.1) is 6.58 Å². The molecule has 1 unspecified atom stereocenters. The molecule has 1 aliphatic heterocycles. The summed E-state index contributed by atoms with van der Waals surface area (Å²) in [5.74, 6) is 0.599. The van der Waals surface area contributed by atoms with Crippen LogP contribution in [0.2, 0.25) is 5.02 Å². The predicted octanol–water partition coefficient (Wildman–Crippen LogP) is 1.84. The third kappa shape index (κ3) is 3.41. The molecule has 5 nitrogen and oxygen atoms in total. The van der Waals surface area contributed by atoms with E-state index < -0.39 is 0 Å². The molecule has 1 aromatic rings. The van der Waals surface area contributed by atoms with Crippen molar-refractivity contribution in [2.45, 2.75) is 19.9 Å². The summed E-state index contributed by atoms with van der Waals surface area (Å²) in [6, 6.07) is 0. The number of hydrogen-bond acceptors (Lipinski definition) is 4. The van der Waals surface area contributed by atoms with Crippen molar-refractivity contribution >= 4 is 17.3 Å². The average molecular weight is 297 g/mol. The molecular weight excluding hydrogens is 276 g/mol. The lowest BCUT2D eigenvalue weighted by Crippen LogP contribution is -2.25. The van der Waals surface area contributed by atoms with Gasteiger partial charge in [0.2, 0.25) is 0 Å². The van der Waals surface area contributed by atoms with Gasteiger partial charge in [0.05, 0.1) is 18.4 Å². The Morgan fingerprint density at radius 2 is 2.45 bits per heavy atom. The Kier molecular flexibility index (Phi) is 5.20. The highest BCUT2D eigenvalue weighted by Gasteiger charge is 2.21. The average Bonchev–Trinajstić information content (AvgIpc) is 2.91. The molecular formula is C14H21ClN4O. The van der Waals surface area contributed by atoms with Crippen LogP contribution in [-0.4, -0.2) is 40.9 Å². The van der Waals surface area contributed by atoms with E-state index in [0.29, 0.717) is 18.2 Å². The molecule has 0 saturated carbocycles. The fraction of sp³-hybridized carbons (Fsp3) is 0.571. The normalized spacial score (nSPS) is 19.2. The molecule has 2 heterocycles. The maximum absolute atomic E-state index is 11.9. The van der Waals surface area contributed by atoms with Gasteiger partial charge in [0, 0.05) is 13.1 Å². The monoisotopic (exact) mass is 296 g/mol.